The van der Waals surface area contributed by atoms with Gasteiger partial charge in [0.2, 0.25) is 5.95 Å². The topological polar surface area (TPSA) is 58.0 Å². The van der Waals surface area contributed by atoms with Gasteiger partial charge in [-0.05, 0) is 35.9 Å². The van der Waals surface area contributed by atoms with Crippen LogP contribution in [0.25, 0.3) is 22.8 Å². The van der Waals surface area contributed by atoms with E-state index in [1.807, 2.05) is 73.1 Å². The molecule has 218 valence electrons. The van der Waals surface area contributed by atoms with Gasteiger partial charge in [0.25, 0.3) is 0 Å². The highest BCUT2D eigenvalue weighted by Crippen LogP contribution is 2.60. The zero-order valence-corrected chi connectivity index (χ0v) is 24.8. The smallest absolute Gasteiger partial charge is 0.234 e. The molecule has 0 N–H and O–H groups in total. The number of para-hydroxylation sites is 3. The Bertz CT molecular complexity index is 2130. The van der Waals surface area contributed by atoms with Crippen molar-refractivity contribution in [3.8, 4) is 22.8 Å². The van der Waals surface area contributed by atoms with E-state index < -0.39 is 0 Å². The van der Waals surface area contributed by atoms with Gasteiger partial charge in [0.15, 0.2) is 11.6 Å². The molecule has 2 atom stereocenters. The molecule has 46 heavy (non-hydrogen) atoms. The molecule has 4 heterocycles. The summed E-state index contributed by atoms with van der Waals surface area (Å²) in [5, 5.41) is 0. The Labute approximate surface area is 267 Å². The molecule has 0 radical (unpaired) electrons. The summed E-state index contributed by atoms with van der Waals surface area (Å²) in [6.07, 6.45) is 3.88. The number of fused-ring (bicyclic) bond motifs is 7. The van der Waals surface area contributed by atoms with E-state index in [0.29, 0.717) is 17.6 Å². The lowest BCUT2D eigenvalue weighted by molar-refractivity contribution is 0.652. The van der Waals surface area contributed by atoms with Crippen LogP contribution in [0.3, 0.4) is 0 Å². The molecule has 0 spiro atoms. The number of rotatable bonds is 4. The Morgan fingerprint density at radius 3 is 1.65 bits per heavy atom. The maximum atomic E-state index is 5.21. The van der Waals surface area contributed by atoms with Crippen LogP contribution in [-0.4, -0.2) is 19.9 Å². The highest BCUT2D eigenvalue weighted by atomic mass is 15.3. The molecule has 2 aliphatic rings. The predicted molar refractivity (Wildman–Crippen MR) is 183 cm³/mol. The van der Waals surface area contributed by atoms with Crippen LogP contribution in [0.15, 0.2) is 158 Å². The van der Waals surface area contributed by atoms with Crippen LogP contribution >= 0.6 is 0 Å². The summed E-state index contributed by atoms with van der Waals surface area (Å²) < 4.78 is 0. The summed E-state index contributed by atoms with van der Waals surface area (Å²) in [6.45, 7) is 0. The summed E-state index contributed by atoms with van der Waals surface area (Å²) in [5.41, 5.74) is 9.87. The molecule has 6 heteroatoms. The van der Waals surface area contributed by atoms with E-state index in [1.165, 1.54) is 11.1 Å². The molecule has 0 bridgehead atoms. The van der Waals surface area contributed by atoms with Crippen molar-refractivity contribution >= 4 is 28.7 Å². The molecule has 2 aromatic heterocycles. The van der Waals surface area contributed by atoms with Crippen LogP contribution in [0.4, 0.5) is 28.7 Å². The summed E-state index contributed by atoms with van der Waals surface area (Å²) in [5.74, 6) is 1.86. The molecule has 7 aromatic rings. The largest absolute Gasteiger partial charge is 0.310 e. The van der Waals surface area contributed by atoms with E-state index in [0.717, 1.165) is 39.4 Å². The molecule has 0 aliphatic carbocycles. The van der Waals surface area contributed by atoms with E-state index in [2.05, 4.69) is 99.7 Å². The number of aromatic nitrogens is 4. The molecule has 0 amide bonds. The van der Waals surface area contributed by atoms with Crippen molar-refractivity contribution in [2.24, 2.45) is 0 Å². The lowest BCUT2D eigenvalue weighted by Gasteiger charge is -2.31. The zero-order valence-electron chi connectivity index (χ0n) is 24.8. The van der Waals surface area contributed by atoms with Gasteiger partial charge in [-0.25, -0.2) is 4.98 Å². The maximum absolute atomic E-state index is 5.21. The van der Waals surface area contributed by atoms with Crippen molar-refractivity contribution in [1.29, 1.82) is 0 Å². The Kier molecular flexibility index (Phi) is 6.16. The van der Waals surface area contributed by atoms with E-state index in [4.69, 9.17) is 15.0 Å². The van der Waals surface area contributed by atoms with Crippen molar-refractivity contribution in [3.63, 3.8) is 0 Å². The molecule has 6 nitrogen and oxygen atoms in total. The fourth-order valence-corrected chi connectivity index (χ4v) is 7.00. The molecule has 5 aromatic carbocycles. The number of hydrogen-bond donors (Lipinski definition) is 0. The van der Waals surface area contributed by atoms with Crippen LogP contribution in [0, 0.1) is 0 Å². The Morgan fingerprint density at radius 2 is 1.00 bits per heavy atom. The van der Waals surface area contributed by atoms with Crippen molar-refractivity contribution in [2.45, 2.75) is 12.0 Å². The average molecular weight is 593 g/mol. The molecular formula is C40H28N6. The highest BCUT2D eigenvalue weighted by Gasteiger charge is 2.47. The molecule has 0 saturated heterocycles. The lowest BCUT2D eigenvalue weighted by Crippen LogP contribution is -2.25. The van der Waals surface area contributed by atoms with E-state index in [1.54, 1.807) is 0 Å². The third-order valence-electron chi connectivity index (χ3n) is 8.94. The zero-order chi connectivity index (χ0) is 30.5. The van der Waals surface area contributed by atoms with Crippen LogP contribution in [0.5, 0.6) is 0 Å². The van der Waals surface area contributed by atoms with Gasteiger partial charge in [0.05, 0.1) is 23.1 Å². The molecule has 0 saturated carbocycles. The molecule has 0 fully saturated rings. The quantitative estimate of drug-likeness (QED) is 0.203. The van der Waals surface area contributed by atoms with Gasteiger partial charge in [0, 0.05) is 46.3 Å². The number of anilines is 5. The fourth-order valence-electron chi connectivity index (χ4n) is 7.00. The number of hydrogen-bond acceptors (Lipinski definition) is 6. The predicted octanol–water partition coefficient (Wildman–Crippen LogP) is 9.41. The summed E-state index contributed by atoms with van der Waals surface area (Å²) in [4.78, 5) is 24.7. The van der Waals surface area contributed by atoms with Gasteiger partial charge in [-0.3, -0.25) is 4.98 Å². The second kappa shape index (κ2) is 10.8. The third kappa shape index (κ3) is 4.19. The first kappa shape index (κ1) is 26.3. The van der Waals surface area contributed by atoms with Crippen LogP contribution < -0.4 is 9.80 Å². The van der Waals surface area contributed by atoms with Crippen molar-refractivity contribution in [2.75, 3.05) is 9.80 Å². The van der Waals surface area contributed by atoms with E-state index in [-0.39, 0.29) is 12.0 Å². The minimum absolute atomic E-state index is 0.0214. The third-order valence-corrected chi connectivity index (χ3v) is 8.94. The first-order chi connectivity index (χ1) is 22.8. The van der Waals surface area contributed by atoms with Crippen LogP contribution in [0.1, 0.15) is 28.7 Å². The molecule has 9 rings (SSSR count). The highest BCUT2D eigenvalue weighted by molar-refractivity contribution is 5.86. The fraction of sp³-hybridized carbons (Fsp3) is 0.0500. The first-order valence-corrected chi connectivity index (χ1v) is 15.5. The Morgan fingerprint density at radius 1 is 0.457 bits per heavy atom. The minimum atomic E-state index is -0.139. The second-order valence-corrected chi connectivity index (χ2v) is 11.5. The van der Waals surface area contributed by atoms with E-state index >= 15 is 0 Å². The summed E-state index contributed by atoms with van der Waals surface area (Å²) in [7, 11) is 0. The van der Waals surface area contributed by atoms with Gasteiger partial charge in [-0.15, -0.1) is 0 Å². The normalized spacial score (nSPS) is 16.2. The minimum Gasteiger partial charge on any atom is -0.310 e. The van der Waals surface area contributed by atoms with Crippen molar-refractivity contribution in [3.05, 3.63) is 175 Å². The Hall–Kier alpha value is -6.14. The van der Waals surface area contributed by atoms with Crippen LogP contribution in [-0.2, 0) is 0 Å². The molecule has 2 aliphatic heterocycles. The number of benzene rings is 5. The van der Waals surface area contributed by atoms with Gasteiger partial charge >= 0.3 is 0 Å². The lowest BCUT2D eigenvalue weighted by atomic mass is 9.85. The average Bonchev–Trinajstić information content (AvgIpc) is 3.42. The number of pyridine rings is 1. The summed E-state index contributed by atoms with van der Waals surface area (Å²) in [6, 6.07) is 50.3. The maximum Gasteiger partial charge on any atom is 0.234 e. The van der Waals surface area contributed by atoms with Gasteiger partial charge in [-0.1, -0.05) is 115 Å². The summed E-state index contributed by atoms with van der Waals surface area (Å²) >= 11 is 0. The second-order valence-electron chi connectivity index (χ2n) is 11.5. The standard InChI is InChI=1S/C40H28N6/c1-4-14-27(15-5-1)38-42-39(28-16-6-2-7-17-28)44-40(43-38)46-35-24-25-41-26-32(35)36-30-20-10-12-22-33(30)45(29-18-8-3-9-19-29)34-23-13-11-21-31(34)37(36)46/h1-26,36-37H. The van der Waals surface area contributed by atoms with E-state index in [9.17, 15) is 0 Å². The first-order valence-electron chi connectivity index (χ1n) is 15.5. The van der Waals surface area contributed by atoms with Gasteiger partial charge in [0.1, 0.15) is 0 Å². The monoisotopic (exact) mass is 592 g/mol. The Balaban J connectivity index is 1.34. The van der Waals surface area contributed by atoms with Crippen molar-refractivity contribution < 1.29 is 0 Å². The SMILES string of the molecule is c1ccc(-c2nc(-c3ccccc3)nc(N3c4ccncc4C4c5ccccc5N(c5ccccc5)c5ccccc5C43)n2)cc1. The van der Waals surface area contributed by atoms with Crippen molar-refractivity contribution in [1.82, 2.24) is 19.9 Å². The van der Waals surface area contributed by atoms with Gasteiger partial charge in [-0.2, -0.15) is 9.97 Å². The number of nitrogens with zero attached hydrogens (tertiary/aromatic N) is 6. The molecule has 2 unspecified atom stereocenters. The van der Waals surface area contributed by atoms with Gasteiger partial charge < -0.3 is 9.80 Å². The molecular weight excluding hydrogens is 564 g/mol. The van der Waals surface area contributed by atoms with Crippen LogP contribution in [0.2, 0.25) is 0 Å².